The Labute approximate surface area is 115 Å². The minimum Gasteiger partial charge on any atom is -0.496 e. The first-order chi connectivity index (χ1) is 9.04. The average molecular weight is 264 g/mol. The number of hydrogen-bond acceptors (Lipinski definition) is 4. The summed E-state index contributed by atoms with van der Waals surface area (Å²) >= 11 is 0. The van der Waals surface area contributed by atoms with Gasteiger partial charge in [-0.1, -0.05) is 6.07 Å². The van der Waals surface area contributed by atoms with Gasteiger partial charge in [0.2, 0.25) is 0 Å². The zero-order valence-electron chi connectivity index (χ0n) is 12.3. The molecule has 0 bridgehead atoms. The number of aliphatic hydroxyl groups is 1. The molecule has 1 aromatic carbocycles. The number of anilines is 1. The van der Waals surface area contributed by atoms with Crippen LogP contribution in [0.1, 0.15) is 25.5 Å². The van der Waals surface area contributed by atoms with Crippen molar-refractivity contribution in [3.63, 3.8) is 0 Å². The summed E-state index contributed by atoms with van der Waals surface area (Å²) in [4.78, 5) is 4.70. The van der Waals surface area contributed by atoms with Crippen molar-refractivity contribution < 1.29 is 9.84 Å². The molecule has 0 radical (unpaired) electrons. The largest absolute Gasteiger partial charge is 0.496 e. The van der Waals surface area contributed by atoms with Crippen LogP contribution in [0.4, 0.5) is 5.69 Å². The molecule has 1 heterocycles. The first kappa shape index (κ1) is 14.2. The second-order valence-corrected chi connectivity index (χ2v) is 5.34. The predicted octanol–water partition coefficient (Wildman–Crippen LogP) is 1.89. The van der Waals surface area contributed by atoms with E-state index in [4.69, 9.17) is 4.74 Å². The quantitative estimate of drug-likeness (QED) is 0.904. The molecule has 2 atom stereocenters. The second kappa shape index (κ2) is 5.80. The summed E-state index contributed by atoms with van der Waals surface area (Å²) in [5, 5.41) is 10.0. The van der Waals surface area contributed by atoms with Gasteiger partial charge in [-0.05, 0) is 33.0 Å². The summed E-state index contributed by atoms with van der Waals surface area (Å²) in [5.41, 5.74) is 1.98. The molecule has 0 aromatic heterocycles. The van der Waals surface area contributed by atoms with Crippen molar-refractivity contribution in [2.45, 2.75) is 26.0 Å². The van der Waals surface area contributed by atoms with Crippen molar-refractivity contribution >= 4 is 5.69 Å². The maximum atomic E-state index is 10.0. The maximum absolute atomic E-state index is 10.0. The topological polar surface area (TPSA) is 35.9 Å². The number of benzene rings is 1. The lowest BCUT2D eigenvalue weighted by Crippen LogP contribution is -2.50. The fourth-order valence-corrected chi connectivity index (χ4v) is 2.67. The fourth-order valence-electron chi connectivity index (χ4n) is 2.67. The molecule has 106 valence electrons. The zero-order valence-corrected chi connectivity index (χ0v) is 12.3. The Balaban J connectivity index is 2.34. The van der Waals surface area contributed by atoms with Gasteiger partial charge >= 0.3 is 0 Å². The van der Waals surface area contributed by atoms with Gasteiger partial charge in [0, 0.05) is 36.9 Å². The van der Waals surface area contributed by atoms with Gasteiger partial charge < -0.3 is 19.6 Å². The molecule has 1 saturated heterocycles. The van der Waals surface area contributed by atoms with E-state index in [2.05, 4.69) is 29.8 Å². The van der Waals surface area contributed by atoms with E-state index in [-0.39, 0.29) is 0 Å². The summed E-state index contributed by atoms with van der Waals surface area (Å²) in [6, 6.07) is 6.48. The lowest BCUT2D eigenvalue weighted by Gasteiger charge is -2.40. The zero-order chi connectivity index (χ0) is 14.0. The third kappa shape index (κ3) is 2.85. The number of hydrogen-bond donors (Lipinski definition) is 1. The molecule has 0 aliphatic carbocycles. The van der Waals surface area contributed by atoms with E-state index >= 15 is 0 Å². The smallest absolute Gasteiger partial charge is 0.126 e. The number of aliphatic hydroxyl groups excluding tert-OH is 1. The normalized spacial score (nSPS) is 22.4. The molecule has 0 saturated carbocycles. The minimum absolute atomic E-state index is 0.516. The number of likely N-dealkylation sites (N-methyl/N-ethyl adjacent to an activating group) is 1. The van der Waals surface area contributed by atoms with E-state index in [0.29, 0.717) is 6.04 Å². The van der Waals surface area contributed by atoms with E-state index in [1.807, 2.05) is 12.1 Å². The van der Waals surface area contributed by atoms with Crippen molar-refractivity contribution in [2.75, 3.05) is 38.7 Å². The SMILES string of the molecule is COc1cccc(N2CCN(C)C(C)C2)c1C(C)O. The van der Waals surface area contributed by atoms with Crippen molar-refractivity contribution in [1.29, 1.82) is 0 Å². The van der Waals surface area contributed by atoms with Crippen LogP contribution in [0.25, 0.3) is 0 Å². The van der Waals surface area contributed by atoms with Gasteiger partial charge in [0.15, 0.2) is 0 Å². The third-order valence-electron chi connectivity index (χ3n) is 3.98. The minimum atomic E-state index is -0.527. The summed E-state index contributed by atoms with van der Waals surface area (Å²) in [5.74, 6) is 0.763. The Morgan fingerprint density at radius 1 is 1.37 bits per heavy atom. The average Bonchev–Trinajstić information content (AvgIpc) is 2.40. The van der Waals surface area contributed by atoms with Crippen LogP contribution in [0.5, 0.6) is 5.75 Å². The second-order valence-electron chi connectivity index (χ2n) is 5.34. The highest BCUT2D eigenvalue weighted by Crippen LogP contribution is 2.35. The molecule has 4 heteroatoms. The molecule has 19 heavy (non-hydrogen) atoms. The first-order valence-corrected chi connectivity index (χ1v) is 6.84. The molecule has 1 aliphatic heterocycles. The van der Waals surface area contributed by atoms with Crippen LogP contribution < -0.4 is 9.64 Å². The molecule has 0 amide bonds. The van der Waals surface area contributed by atoms with Crippen molar-refractivity contribution in [2.24, 2.45) is 0 Å². The van der Waals surface area contributed by atoms with Crippen LogP contribution in [-0.2, 0) is 0 Å². The Hall–Kier alpha value is -1.26. The summed E-state index contributed by atoms with van der Waals surface area (Å²) in [6.07, 6.45) is -0.527. The molecular weight excluding hydrogens is 240 g/mol. The molecule has 1 aromatic rings. The molecule has 1 aliphatic rings. The van der Waals surface area contributed by atoms with Crippen LogP contribution >= 0.6 is 0 Å². The third-order valence-corrected chi connectivity index (χ3v) is 3.98. The van der Waals surface area contributed by atoms with E-state index in [1.54, 1.807) is 14.0 Å². The Morgan fingerprint density at radius 3 is 2.68 bits per heavy atom. The van der Waals surface area contributed by atoms with Gasteiger partial charge in [0.05, 0.1) is 13.2 Å². The van der Waals surface area contributed by atoms with Crippen molar-refractivity contribution in [1.82, 2.24) is 4.90 Å². The van der Waals surface area contributed by atoms with Crippen LogP contribution in [0.2, 0.25) is 0 Å². The van der Waals surface area contributed by atoms with Crippen molar-refractivity contribution in [3.8, 4) is 5.75 Å². The van der Waals surface area contributed by atoms with E-state index < -0.39 is 6.10 Å². The highest BCUT2D eigenvalue weighted by Gasteiger charge is 2.24. The molecular formula is C15H24N2O2. The summed E-state index contributed by atoms with van der Waals surface area (Å²) in [7, 11) is 3.81. The monoisotopic (exact) mass is 264 g/mol. The van der Waals surface area contributed by atoms with Gasteiger partial charge in [-0.15, -0.1) is 0 Å². The first-order valence-electron chi connectivity index (χ1n) is 6.84. The highest BCUT2D eigenvalue weighted by atomic mass is 16.5. The van der Waals surface area contributed by atoms with Gasteiger partial charge in [0.25, 0.3) is 0 Å². The lowest BCUT2D eigenvalue weighted by molar-refractivity contribution is 0.193. The van der Waals surface area contributed by atoms with E-state index in [9.17, 15) is 5.11 Å². The predicted molar refractivity (Wildman–Crippen MR) is 77.9 cm³/mol. The van der Waals surface area contributed by atoms with Crippen LogP contribution in [-0.4, -0.2) is 49.8 Å². The standard InChI is InChI=1S/C15H24N2O2/c1-11-10-17(9-8-16(11)3)13-6-5-7-14(19-4)15(13)12(2)18/h5-7,11-12,18H,8-10H2,1-4H3. The molecule has 1 N–H and O–H groups in total. The maximum Gasteiger partial charge on any atom is 0.126 e. The van der Waals surface area contributed by atoms with Crippen LogP contribution in [0, 0.1) is 0 Å². The van der Waals surface area contributed by atoms with E-state index in [1.165, 1.54) is 0 Å². The summed E-state index contributed by atoms with van der Waals surface area (Å²) < 4.78 is 5.39. The Morgan fingerprint density at radius 2 is 2.11 bits per heavy atom. The fraction of sp³-hybridized carbons (Fsp3) is 0.600. The Bertz CT molecular complexity index is 434. The van der Waals surface area contributed by atoms with E-state index in [0.717, 1.165) is 36.6 Å². The number of nitrogens with zero attached hydrogens (tertiary/aromatic N) is 2. The van der Waals surface area contributed by atoms with Gasteiger partial charge in [-0.25, -0.2) is 0 Å². The number of ether oxygens (including phenoxy) is 1. The molecule has 2 rings (SSSR count). The number of piperazine rings is 1. The highest BCUT2D eigenvalue weighted by molar-refractivity contribution is 5.60. The Kier molecular flexibility index (Phi) is 4.32. The lowest BCUT2D eigenvalue weighted by atomic mass is 10.0. The number of rotatable bonds is 3. The summed E-state index contributed by atoms with van der Waals surface area (Å²) in [6.45, 7) is 7.02. The number of methoxy groups -OCH3 is 1. The van der Waals surface area contributed by atoms with Crippen LogP contribution in [0.15, 0.2) is 18.2 Å². The molecule has 4 nitrogen and oxygen atoms in total. The van der Waals surface area contributed by atoms with Gasteiger partial charge in [0.1, 0.15) is 5.75 Å². The molecule has 1 fully saturated rings. The van der Waals surface area contributed by atoms with Crippen molar-refractivity contribution in [3.05, 3.63) is 23.8 Å². The molecule has 2 unspecified atom stereocenters. The molecule has 0 spiro atoms. The van der Waals surface area contributed by atoms with Gasteiger partial charge in [-0.2, -0.15) is 0 Å². The van der Waals surface area contributed by atoms with Gasteiger partial charge in [-0.3, -0.25) is 0 Å². The van der Waals surface area contributed by atoms with Crippen LogP contribution in [0.3, 0.4) is 0 Å².